The minimum Gasteiger partial charge on any atom is -0.325 e. The van der Waals surface area contributed by atoms with Gasteiger partial charge in [0.25, 0.3) is 0 Å². The van der Waals surface area contributed by atoms with E-state index in [0.29, 0.717) is 6.42 Å². The van der Waals surface area contributed by atoms with Gasteiger partial charge in [0.2, 0.25) is 0 Å². The van der Waals surface area contributed by atoms with Gasteiger partial charge in [0.15, 0.2) is 0 Å². The molecule has 0 aromatic carbocycles. The van der Waals surface area contributed by atoms with Gasteiger partial charge in [-0.2, -0.15) is 0 Å². The molecule has 0 fully saturated rings. The van der Waals surface area contributed by atoms with Crippen LogP contribution < -0.4 is 5.73 Å². The van der Waals surface area contributed by atoms with Gasteiger partial charge in [-0.3, -0.25) is 0 Å². The molecule has 0 heterocycles. The predicted octanol–water partition coefficient (Wildman–Crippen LogP) is 1.91. The first-order valence-corrected chi connectivity index (χ1v) is 3.41. The van der Waals surface area contributed by atoms with Crippen LogP contribution in [0.1, 0.15) is 19.8 Å². The number of allylic oxidation sites excluding steroid dienone is 2. The molecule has 10 heavy (non-hydrogen) atoms. The number of halogens is 1. The lowest BCUT2D eigenvalue weighted by molar-refractivity contribution is 0.481. The standard InChI is InChI=1S/C8H12FN/c1-8(10)5-2-3-7(9)4-6-8/h2-4H,5-6,10H2,1H3. The van der Waals surface area contributed by atoms with Crippen molar-refractivity contribution in [3.63, 3.8) is 0 Å². The highest BCUT2D eigenvalue weighted by Gasteiger charge is 2.16. The summed E-state index contributed by atoms with van der Waals surface area (Å²) in [6.45, 7) is 1.92. The van der Waals surface area contributed by atoms with E-state index in [0.717, 1.165) is 6.42 Å². The fourth-order valence-corrected chi connectivity index (χ4v) is 0.923. The van der Waals surface area contributed by atoms with Crippen molar-refractivity contribution in [2.75, 3.05) is 0 Å². The minimum absolute atomic E-state index is 0.172. The Kier molecular flexibility index (Phi) is 1.90. The zero-order chi connectivity index (χ0) is 7.61. The van der Waals surface area contributed by atoms with Crippen LogP contribution >= 0.6 is 0 Å². The van der Waals surface area contributed by atoms with Crippen molar-refractivity contribution in [3.05, 3.63) is 24.1 Å². The van der Waals surface area contributed by atoms with Crippen molar-refractivity contribution in [2.45, 2.75) is 25.3 Å². The van der Waals surface area contributed by atoms with E-state index in [-0.39, 0.29) is 11.4 Å². The number of nitrogens with two attached hydrogens (primary N) is 1. The van der Waals surface area contributed by atoms with Gasteiger partial charge in [-0.25, -0.2) is 4.39 Å². The third kappa shape index (κ3) is 1.95. The molecule has 56 valence electrons. The number of rotatable bonds is 0. The lowest BCUT2D eigenvalue weighted by atomic mass is 9.96. The van der Waals surface area contributed by atoms with Gasteiger partial charge in [-0.05, 0) is 31.9 Å². The first-order valence-electron chi connectivity index (χ1n) is 3.41. The van der Waals surface area contributed by atoms with Crippen LogP contribution in [0.2, 0.25) is 0 Å². The average molecular weight is 141 g/mol. The van der Waals surface area contributed by atoms with Gasteiger partial charge in [0, 0.05) is 5.54 Å². The van der Waals surface area contributed by atoms with Gasteiger partial charge in [-0.15, -0.1) is 0 Å². The van der Waals surface area contributed by atoms with Crippen LogP contribution in [0.4, 0.5) is 4.39 Å². The van der Waals surface area contributed by atoms with E-state index in [2.05, 4.69) is 0 Å². The zero-order valence-corrected chi connectivity index (χ0v) is 6.10. The summed E-state index contributed by atoms with van der Waals surface area (Å²) in [7, 11) is 0. The highest BCUT2D eigenvalue weighted by atomic mass is 19.1. The maximum atomic E-state index is 12.5. The molecular formula is C8H12FN. The van der Waals surface area contributed by atoms with E-state index in [4.69, 9.17) is 5.73 Å². The first kappa shape index (κ1) is 7.48. The molecule has 1 atom stereocenters. The average Bonchev–Trinajstić information content (AvgIpc) is 1.94. The third-order valence-electron chi connectivity index (χ3n) is 1.62. The molecule has 0 aliphatic heterocycles. The normalized spacial score (nSPS) is 33.3. The molecule has 0 bridgehead atoms. The number of hydrogen-bond donors (Lipinski definition) is 1. The van der Waals surface area contributed by atoms with Crippen molar-refractivity contribution < 1.29 is 4.39 Å². The summed E-state index contributed by atoms with van der Waals surface area (Å²) in [5.74, 6) is -0.172. The summed E-state index contributed by atoms with van der Waals surface area (Å²) in [4.78, 5) is 0. The Hall–Kier alpha value is -0.630. The molecule has 2 N–H and O–H groups in total. The Morgan fingerprint density at radius 3 is 3.00 bits per heavy atom. The van der Waals surface area contributed by atoms with Crippen molar-refractivity contribution in [1.29, 1.82) is 0 Å². The lowest BCUT2D eigenvalue weighted by Crippen LogP contribution is -2.34. The molecule has 1 unspecified atom stereocenters. The van der Waals surface area contributed by atoms with E-state index >= 15 is 0 Å². The van der Waals surface area contributed by atoms with Gasteiger partial charge in [0.1, 0.15) is 5.83 Å². The third-order valence-corrected chi connectivity index (χ3v) is 1.62. The Labute approximate surface area is 60.4 Å². The summed E-state index contributed by atoms with van der Waals surface area (Å²) in [6, 6.07) is 0. The van der Waals surface area contributed by atoms with E-state index in [1.165, 1.54) is 12.2 Å². The van der Waals surface area contributed by atoms with E-state index < -0.39 is 0 Å². The quantitative estimate of drug-likeness (QED) is 0.548. The summed E-state index contributed by atoms with van der Waals surface area (Å²) in [5.41, 5.74) is 5.52. The van der Waals surface area contributed by atoms with Crippen LogP contribution in [-0.4, -0.2) is 5.54 Å². The summed E-state index contributed by atoms with van der Waals surface area (Å²) >= 11 is 0. The molecule has 1 aliphatic rings. The van der Waals surface area contributed by atoms with E-state index in [1.54, 1.807) is 6.08 Å². The molecule has 0 radical (unpaired) electrons. The predicted molar refractivity (Wildman–Crippen MR) is 40.2 cm³/mol. The highest BCUT2D eigenvalue weighted by Crippen LogP contribution is 2.18. The molecule has 0 amide bonds. The topological polar surface area (TPSA) is 26.0 Å². The smallest absolute Gasteiger partial charge is 0.118 e. The van der Waals surface area contributed by atoms with Crippen molar-refractivity contribution in [1.82, 2.24) is 0 Å². The van der Waals surface area contributed by atoms with Crippen LogP contribution in [0, 0.1) is 0 Å². The molecule has 1 nitrogen and oxygen atoms in total. The summed E-state index contributed by atoms with van der Waals surface area (Å²) in [5, 5.41) is 0. The molecule has 0 aromatic rings. The molecular weight excluding hydrogens is 129 g/mol. The maximum Gasteiger partial charge on any atom is 0.118 e. The molecule has 0 saturated carbocycles. The van der Waals surface area contributed by atoms with Crippen LogP contribution in [0.5, 0.6) is 0 Å². The van der Waals surface area contributed by atoms with Crippen LogP contribution in [0.3, 0.4) is 0 Å². The second kappa shape index (κ2) is 2.54. The maximum absolute atomic E-state index is 12.5. The van der Waals surface area contributed by atoms with E-state index in [1.807, 2.05) is 6.92 Å². The fraction of sp³-hybridized carbons (Fsp3) is 0.500. The van der Waals surface area contributed by atoms with E-state index in [9.17, 15) is 4.39 Å². The van der Waals surface area contributed by atoms with Gasteiger partial charge in [-0.1, -0.05) is 6.08 Å². The fourth-order valence-electron chi connectivity index (χ4n) is 0.923. The summed E-state index contributed by atoms with van der Waals surface area (Å²) < 4.78 is 12.5. The Balaban J connectivity index is 2.70. The monoisotopic (exact) mass is 141 g/mol. The largest absolute Gasteiger partial charge is 0.325 e. The van der Waals surface area contributed by atoms with Crippen LogP contribution in [-0.2, 0) is 0 Å². The highest BCUT2D eigenvalue weighted by molar-refractivity contribution is 5.16. The Morgan fingerprint density at radius 1 is 1.60 bits per heavy atom. The zero-order valence-electron chi connectivity index (χ0n) is 6.10. The molecule has 0 saturated heterocycles. The molecule has 1 rings (SSSR count). The minimum atomic E-state index is -0.260. The molecule has 2 heteroatoms. The second-order valence-corrected chi connectivity index (χ2v) is 3.05. The number of hydrogen-bond acceptors (Lipinski definition) is 1. The van der Waals surface area contributed by atoms with Crippen molar-refractivity contribution >= 4 is 0 Å². The lowest BCUT2D eigenvalue weighted by Gasteiger charge is -2.19. The van der Waals surface area contributed by atoms with Crippen molar-refractivity contribution in [2.24, 2.45) is 5.73 Å². The van der Waals surface area contributed by atoms with Gasteiger partial charge in [0.05, 0.1) is 0 Å². The molecule has 0 aromatic heterocycles. The molecule has 0 spiro atoms. The van der Waals surface area contributed by atoms with Crippen LogP contribution in [0.15, 0.2) is 24.1 Å². The summed E-state index contributed by atoms with van der Waals surface area (Å²) in [6.07, 6.45) is 6.14. The van der Waals surface area contributed by atoms with Gasteiger partial charge < -0.3 is 5.73 Å². The SMILES string of the molecule is CC1(N)CC=CC(F)=CC1. The first-order chi connectivity index (χ1) is 4.60. The Bertz CT molecular complexity index is 180. The van der Waals surface area contributed by atoms with Crippen molar-refractivity contribution in [3.8, 4) is 0 Å². The van der Waals surface area contributed by atoms with Crippen LogP contribution in [0.25, 0.3) is 0 Å². The second-order valence-electron chi connectivity index (χ2n) is 3.05. The van der Waals surface area contributed by atoms with Gasteiger partial charge >= 0.3 is 0 Å². The Morgan fingerprint density at radius 2 is 2.30 bits per heavy atom. The molecule has 1 aliphatic carbocycles.